The fraction of sp³-hybridized carbons (Fsp3) is 0.0556. The largest absolute Gasteiger partial charge is 0.495 e. The van der Waals surface area contributed by atoms with Crippen molar-refractivity contribution in [2.75, 3.05) is 17.7 Å². The number of halogens is 1. The van der Waals surface area contributed by atoms with Crippen LogP contribution in [0, 0.1) is 11.3 Å². The van der Waals surface area contributed by atoms with E-state index in [0.717, 1.165) is 4.47 Å². The Kier molecular flexibility index (Phi) is 4.55. The zero-order valence-corrected chi connectivity index (χ0v) is 14.7. The lowest BCUT2D eigenvalue weighted by Gasteiger charge is -2.10. The van der Waals surface area contributed by atoms with Crippen molar-refractivity contribution >= 4 is 44.7 Å². The van der Waals surface area contributed by atoms with Gasteiger partial charge in [-0.05, 0) is 30.3 Å². The van der Waals surface area contributed by atoms with Gasteiger partial charge in [0, 0.05) is 15.7 Å². The second-order valence-corrected chi connectivity index (χ2v) is 6.08. The van der Waals surface area contributed by atoms with E-state index in [1.807, 2.05) is 6.07 Å². The lowest BCUT2D eigenvalue weighted by Crippen LogP contribution is -2.18. The van der Waals surface area contributed by atoms with E-state index in [0.29, 0.717) is 22.7 Å². The third kappa shape index (κ3) is 3.12. The van der Waals surface area contributed by atoms with Crippen LogP contribution in [0.5, 0.6) is 5.75 Å². The number of carbonyl (C=O) groups excluding carboxylic acids is 2. The van der Waals surface area contributed by atoms with Crippen molar-refractivity contribution in [3.63, 3.8) is 0 Å². The van der Waals surface area contributed by atoms with Crippen LogP contribution in [0.1, 0.15) is 5.56 Å². The van der Waals surface area contributed by atoms with Crippen LogP contribution in [0.4, 0.5) is 11.4 Å². The molecular weight excluding hydrogens is 386 g/mol. The third-order valence-electron chi connectivity index (χ3n) is 3.67. The van der Waals surface area contributed by atoms with Crippen molar-refractivity contribution in [3.05, 3.63) is 58.1 Å². The van der Waals surface area contributed by atoms with Gasteiger partial charge in [0.15, 0.2) is 0 Å². The molecule has 1 aliphatic heterocycles. The lowest BCUT2D eigenvalue weighted by atomic mass is 10.0. The van der Waals surface area contributed by atoms with E-state index in [4.69, 9.17) is 4.74 Å². The minimum Gasteiger partial charge on any atom is -0.495 e. The lowest BCUT2D eigenvalue weighted by molar-refractivity contribution is -0.113. The summed E-state index contributed by atoms with van der Waals surface area (Å²) < 4.78 is 5.92. The van der Waals surface area contributed by atoms with Gasteiger partial charge in [0.25, 0.3) is 11.8 Å². The van der Waals surface area contributed by atoms with Crippen molar-refractivity contribution < 1.29 is 14.3 Å². The van der Waals surface area contributed by atoms with Crippen LogP contribution in [0.25, 0.3) is 5.57 Å². The van der Waals surface area contributed by atoms with E-state index in [-0.39, 0.29) is 11.1 Å². The number of para-hydroxylation sites is 2. The van der Waals surface area contributed by atoms with E-state index in [1.54, 1.807) is 42.5 Å². The van der Waals surface area contributed by atoms with Gasteiger partial charge in [-0.25, -0.2) is 0 Å². The van der Waals surface area contributed by atoms with E-state index >= 15 is 0 Å². The standard InChI is InChI=1S/C18H12BrN3O3/c1-25-15-5-3-2-4-14(15)22-17(23)12(9-20)16-11-8-10(19)6-7-13(11)21-18(16)24/h2-8H,1H3,(H,21,24)(H,22,23)/b16-12-. The summed E-state index contributed by atoms with van der Waals surface area (Å²) in [6, 6.07) is 13.8. The number of ether oxygens (including phenoxy) is 1. The highest BCUT2D eigenvalue weighted by Gasteiger charge is 2.30. The number of anilines is 2. The minimum absolute atomic E-state index is 0.0474. The zero-order chi connectivity index (χ0) is 18.0. The monoisotopic (exact) mass is 397 g/mol. The molecule has 0 radical (unpaired) electrons. The number of carbonyl (C=O) groups is 2. The van der Waals surface area contributed by atoms with Crippen molar-refractivity contribution in [2.24, 2.45) is 0 Å². The summed E-state index contributed by atoms with van der Waals surface area (Å²) in [5.41, 5.74) is 1.26. The molecule has 0 bridgehead atoms. The summed E-state index contributed by atoms with van der Waals surface area (Å²) in [6.45, 7) is 0. The van der Waals surface area contributed by atoms with Gasteiger partial charge in [-0.15, -0.1) is 0 Å². The number of nitriles is 1. The molecule has 0 unspecified atom stereocenters. The van der Waals surface area contributed by atoms with Crippen molar-refractivity contribution in [3.8, 4) is 11.8 Å². The van der Waals surface area contributed by atoms with Gasteiger partial charge < -0.3 is 15.4 Å². The number of benzene rings is 2. The third-order valence-corrected chi connectivity index (χ3v) is 4.16. The van der Waals surface area contributed by atoms with Gasteiger partial charge in [-0.3, -0.25) is 9.59 Å². The first kappa shape index (κ1) is 16.7. The molecular formula is C18H12BrN3O3. The molecule has 0 aromatic heterocycles. The van der Waals surface area contributed by atoms with Gasteiger partial charge in [0.1, 0.15) is 17.4 Å². The van der Waals surface area contributed by atoms with Gasteiger partial charge in [0.05, 0.1) is 18.4 Å². The second-order valence-electron chi connectivity index (χ2n) is 5.16. The number of nitrogens with zero attached hydrogens (tertiary/aromatic N) is 1. The topological polar surface area (TPSA) is 91.2 Å². The first-order valence-electron chi connectivity index (χ1n) is 7.25. The molecule has 0 fully saturated rings. The second kappa shape index (κ2) is 6.79. The molecule has 7 heteroatoms. The molecule has 3 rings (SSSR count). The molecule has 2 aromatic rings. The van der Waals surface area contributed by atoms with Gasteiger partial charge in [-0.2, -0.15) is 5.26 Å². The summed E-state index contributed by atoms with van der Waals surface area (Å²) in [6.07, 6.45) is 0. The fourth-order valence-electron chi connectivity index (χ4n) is 2.54. The molecule has 124 valence electrons. The van der Waals surface area contributed by atoms with Crippen LogP contribution in [-0.4, -0.2) is 18.9 Å². The van der Waals surface area contributed by atoms with E-state index in [2.05, 4.69) is 26.6 Å². The molecule has 2 N–H and O–H groups in total. The Labute approximate surface area is 152 Å². The Hall–Kier alpha value is -3.11. The maximum Gasteiger partial charge on any atom is 0.267 e. The van der Waals surface area contributed by atoms with E-state index in [1.165, 1.54) is 7.11 Å². The van der Waals surface area contributed by atoms with Crippen LogP contribution in [-0.2, 0) is 9.59 Å². The molecule has 0 atom stereocenters. The molecule has 0 saturated heterocycles. The smallest absolute Gasteiger partial charge is 0.267 e. The molecule has 0 aliphatic carbocycles. The summed E-state index contributed by atoms with van der Waals surface area (Å²) in [4.78, 5) is 24.9. The molecule has 25 heavy (non-hydrogen) atoms. The zero-order valence-electron chi connectivity index (χ0n) is 13.1. The Balaban J connectivity index is 2.04. The minimum atomic E-state index is -0.676. The normalized spacial score (nSPS) is 14.2. The number of amides is 2. The SMILES string of the molecule is COc1ccccc1NC(=O)/C(C#N)=C1\C(=O)Nc2ccc(Br)cc21. The van der Waals surface area contributed by atoms with Crippen LogP contribution in [0.15, 0.2) is 52.5 Å². The molecule has 0 saturated carbocycles. The van der Waals surface area contributed by atoms with E-state index < -0.39 is 11.8 Å². The highest BCUT2D eigenvalue weighted by Crippen LogP contribution is 2.36. The fourth-order valence-corrected chi connectivity index (χ4v) is 2.90. The number of rotatable bonds is 3. The molecule has 2 amide bonds. The number of hydrogen-bond acceptors (Lipinski definition) is 4. The molecule has 6 nitrogen and oxygen atoms in total. The number of hydrogen-bond donors (Lipinski definition) is 2. The maximum absolute atomic E-state index is 12.6. The quantitative estimate of drug-likeness (QED) is 0.613. The van der Waals surface area contributed by atoms with Gasteiger partial charge in [-0.1, -0.05) is 28.1 Å². The molecule has 0 spiro atoms. The van der Waals surface area contributed by atoms with Crippen LogP contribution >= 0.6 is 15.9 Å². The summed E-state index contributed by atoms with van der Waals surface area (Å²) >= 11 is 3.33. The summed E-state index contributed by atoms with van der Waals surface area (Å²) in [5, 5.41) is 14.8. The highest BCUT2D eigenvalue weighted by atomic mass is 79.9. The predicted octanol–water partition coefficient (Wildman–Crippen LogP) is 3.33. The maximum atomic E-state index is 12.6. The van der Waals surface area contributed by atoms with Gasteiger partial charge in [0.2, 0.25) is 0 Å². The highest BCUT2D eigenvalue weighted by molar-refractivity contribution is 9.10. The Morgan fingerprint density at radius 1 is 1.28 bits per heavy atom. The number of methoxy groups -OCH3 is 1. The van der Waals surface area contributed by atoms with Crippen LogP contribution < -0.4 is 15.4 Å². The van der Waals surface area contributed by atoms with E-state index in [9.17, 15) is 14.9 Å². The average Bonchev–Trinajstić information content (AvgIpc) is 2.92. The Bertz CT molecular complexity index is 960. The number of fused-ring (bicyclic) bond motifs is 1. The predicted molar refractivity (Wildman–Crippen MR) is 96.9 cm³/mol. The van der Waals surface area contributed by atoms with Crippen LogP contribution in [0.3, 0.4) is 0 Å². The van der Waals surface area contributed by atoms with Crippen molar-refractivity contribution in [1.82, 2.24) is 0 Å². The summed E-state index contributed by atoms with van der Waals surface area (Å²) in [5.74, 6) is -0.707. The Morgan fingerprint density at radius 2 is 2.04 bits per heavy atom. The van der Waals surface area contributed by atoms with Crippen molar-refractivity contribution in [2.45, 2.75) is 0 Å². The summed E-state index contributed by atoms with van der Waals surface area (Å²) in [7, 11) is 1.48. The molecule has 1 aliphatic rings. The number of nitrogens with one attached hydrogen (secondary N) is 2. The van der Waals surface area contributed by atoms with Gasteiger partial charge >= 0.3 is 0 Å². The van der Waals surface area contributed by atoms with Crippen LogP contribution in [0.2, 0.25) is 0 Å². The Morgan fingerprint density at radius 3 is 2.76 bits per heavy atom. The first-order chi connectivity index (χ1) is 12.0. The first-order valence-corrected chi connectivity index (χ1v) is 8.04. The molecule has 1 heterocycles. The van der Waals surface area contributed by atoms with Crippen molar-refractivity contribution in [1.29, 1.82) is 5.26 Å². The average molecular weight is 398 g/mol. The molecule has 2 aromatic carbocycles.